The summed E-state index contributed by atoms with van der Waals surface area (Å²) in [6.45, 7) is 5.87. The molecule has 1 amide bonds. The first kappa shape index (κ1) is 16.9. The van der Waals surface area contributed by atoms with Crippen molar-refractivity contribution in [1.82, 2.24) is 0 Å². The maximum absolute atomic E-state index is 12.0. The third-order valence-electron chi connectivity index (χ3n) is 3.19. The fourth-order valence-corrected chi connectivity index (χ4v) is 1.60. The SMILES string of the molecule is COc1cc([N+](=O)[O-])ccc1NC(=O)CC(N)C(C)(C)C. The Hall–Kier alpha value is -2.15. The highest BCUT2D eigenvalue weighted by molar-refractivity contribution is 5.92. The van der Waals surface area contributed by atoms with Crippen molar-refractivity contribution < 1.29 is 14.5 Å². The second-order valence-corrected chi connectivity index (χ2v) is 5.87. The minimum Gasteiger partial charge on any atom is -0.494 e. The van der Waals surface area contributed by atoms with Gasteiger partial charge in [0.1, 0.15) is 5.75 Å². The predicted molar refractivity (Wildman–Crippen MR) is 80.3 cm³/mol. The molecule has 0 spiro atoms. The molecule has 7 nitrogen and oxygen atoms in total. The van der Waals surface area contributed by atoms with Crippen molar-refractivity contribution in [3.63, 3.8) is 0 Å². The molecule has 0 aliphatic rings. The van der Waals surface area contributed by atoms with Crippen LogP contribution in [0.2, 0.25) is 0 Å². The highest BCUT2D eigenvalue weighted by atomic mass is 16.6. The number of benzene rings is 1. The summed E-state index contributed by atoms with van der Waals surface area (Å²) < 4.78 is 5.06. The molecule has 7 heteroatoms. The zero-order valence-corrected chi connectivity index (χ0v) is 12.7. The first-order valence-corrected chi connectivity index (χ1v) is 6.53. The number of non-ortho nitro benzene ring substituents is 1. The summed E-state index contributed by atoms with van der Waals surface area (Å²) in [5.41, 5.74) is 6.06. The minimum atomic E-state index is -0.524. The van der Waals surface area contributed by atoms with E-state index in [1.54, 1.807) is 0 Å². The molecule has 1 unspecified atom stereocenters. The minimum absolute atomic E-state index is 0.101. The van der Waals surface area contributed by atoms with Crippen molar-refractivity contribution in [2.24, 2.45) is 11.1 Å². The van der Waals surface area contributed by atoms with Gasteiger partial charge in [-0.05, 0) is 11.5 Å². The Labute approximate surface area is 123 Å². The summed E-state index contributed by atoms with van der Waals surface area (Å²) in [5, 5.41) is 13.4. The van der Waals surface area contributed by atoms with Gasteiger partial charge in [0.05, 0.1) is 23.8 Å². The van der Waals surface area contributed by atoms with E-state index in [9.17, 15) is 14.9 Å². The highest BCUT2D eigenvalue weighted by Crippen LogP contribution is 2.29. The Morgan fingerprint density at radius 2 is 2.10 bits per heavy atom. The normalized spacial score (nSPS) is 12.6. The number of nitrogens with zero attached hydrogens (tertiary/aromatic N) is 1. The number of anilines is 1. The van der Waals surface area contributed by atoms with Gasteiger partial charge in [0.2, 0.25) is 5.91 Å². The molecule has 3 N–H and O–H groups in total. The fourth-order valence-electron chi connectivity index (χ4n) is 1.60. The number of nitrogens with two attached hydrogens (primary N) is 1. The first-order valence-electron chi connectivity index (χ1n) is 6.53. The summed E-state index contributed by atoms with van der Waals surface area (Å²) in [5.74, 6) is -0.0218. The maximum atomic E-state index is 12.0. The van der Waals surface area contributed by atoms with Crippen molar-refractivity contribution in [3.05, 3.63) is 28.3 Å². The van der Waals surface area contributed by atoms with Gasteiger partial charge in [-0.25, -0.2) is 0 Å². The number of nitrogens with one attached hydrogen (secondary N) is 1. The van der Waals surface area contributed by atoms with E-state index in [0.717, 1.165) is 0 Å². The molecular weight excluding hydrogens is 274 g/mol. The molecule has 0 saturated heterocycles. The van der Waals surface area contributed by atoms with Crippen LogP contribution < -0.4 is 15.8 Å². The van der Waals surface area contributed by atoms with Crippen LogP contribution in [0, 0.1) is 15.5 Å². The van der Waals surface area contributed by atoms with E-state index in [2.05, 4.69) is 5.32 Å². The van der Waals surface area contributed by atoms with Crippen molar-refractivity contribution in [2.75, 3.05) is 12.4 Å². The zero-order chi connectivity index (χ0) is 16.2. The number of carbonyl (C=O) groups is 1. The third kappa shape index (κ3) is 4.71. The van der Waals surface area contributed by atoms with Crippen molar-refractivity contribution >= 4 is 17.3 Å². The number of nitro benzene ring substituents is 1. The summed E-state index contributed by atoms with van der Waals surface area (Å²) in [7, 11) is 1.38. The van der Waals surface area contributed by atoms with Crippen LogP contribution in [0.1, 0.15) is 27.2 Å². The van der Waals surface area contributed by atoms with Gasteiger partial charge >= 0.3 is 0 Å². The van der Waals surface area contributed by atoms with Crippen molar-refractivity contribution in [3.8, 4) is 5.75 Å². The van der Waals surface area contributed by atoms with Gasteiger partial charge in [-0.15, -0.1) is 0 Å². The van der Waals surface area contributed by atoms with E-state index in [1.807, 2.05) is 20.8 Å². The number of nitro groups is 1. The molecule has 0 radical (unpaired) electrons. The number of ether oxygens (including phenoxy) is 1. The number of amides is 1. The number of methoxy groups -OCH3 is 1. The molecule has 0 saturated carbocycles. The molecule has 1 aromatic rings. The van der Waals surface area contributed by atoms with Gasteiger partial charge < -0.3 is 15.8 Å². The lowest BCUT2D eigenvalue weighted by Crippen LogP contribution is -2.38. The third-order valence-corrected chi connectivity index (χ3v) is 3.19. The van der Waals surface area contributed by atoms with Crippen LogP contribution in [0.5, 0.6) is 5.75 Å². The Bertz CT molecular complexity index is 538. The molecule has 0 fully saturated rings. The standard InChI is InChI=1S/C14H21N3O4/c1-14(2,3)12(15)8-13(18)16-10-6-5-9(17(19)20)7-11(10)21-4/h5-7,12H,8,15H2,1-4H3,(H,16,18). The predicted octanol–water partition coefficient (Wildman–Crippen LogP) is 2.31. The summed E-state index contributed by atoms with van der Waals surface area (Å²) in [6.07, 6.45) is 0.156. The molecule has 1 aromatic carbocycles. The Balaban J connectivity index is 2.83. The van der Waals surface area contributed by atoms with Gasteiger partial charge in [0.15, 0.2) is 0 Å². The average Bonchev–Trinajstić information content (AvgIpc) is 2.37. The Kier molecular flexibility index (Phi) is 5.26. The van der Waals surface area contributed by atoms with E-state index >= 15 is 0 Å². The highest BCUT2D eigenvalue weighted by Gasteiger charge is 2.23. The summed E-state index contributed by atoms with van der Waals surface area (Å²) >= 11 is 0. The molecule has 1 rings (SSSR count). The lowest BCUT2D eigenvalue weighted by atomic mass is 9.85. The molecule has 0 aromatic heterocycles. The van der Waals surface area contributed by atoms with Crippen LogP contribution in [0.25, 0.3) is 0 Å². The quantitative estimate of drug-likeness (QED) is 0.640. The molecule has 21 heavy (non-hydrogen) atoms. The monoisotopic (exact) mass is 295 g/mol. The molecule has 0 aliphatic heterocycles. The van der Waals surface area contributed by atoms with Gasteiger partial charge in [-0.2, -0.15) is 0 Å². The Morgan fingerprint density at radius 1 is 1.48 bits per heavy atom. The van der Waals surface area contributed by atoms with Crippen molar-refractivity contribution in [2.45, 2.75) is 33.2 Å². The number of hydrogen-bond acceptors (Lipinski definition) is 5. The molecule has 116 valence electrons. The summed E-state index contributed by atoms with van der Waals surface area (Å²) in [4.78, 5) is 22.2. The van der Waals surface area contributed by atoms with Crippen LogP contribution in [0.4, 0.5) is 11.4 Å². The first-order chi connectivity index (χ1) is 9.65. The van der Waals surface area contributed by atoms with Gasteiger partial charge in [0.25, 0.3) is 5.69 Å². The van der Waals surface area contributed by atoms with Gasteiger partial charge in [-0.3, -0.25) is 14.9 Å². The van der Waals surface area contributed by atoms with Crippen LogP contribution in [-0.2, 0) is 4.79 Å². The summed E-state index contributed by atoms with van der Waals surface area (Å²) in [6, 6.07) is 3.72. The van der Waals surface area contributed by atoms with Gasteiger partial charge in [0, 0.05) is 18.5 Å². The second kappa shape index (κ2) is 6.53. The smallest absolute Gasteiger partial charge is 0.273 e. The largest absolute Gasteiger partial charge is 0.494 e. The van der Waals surface area contributed by atoms with E-state index in [-0.39, 0.29) is 35.2 Å². The van der Waals surface area contributed by atoms with Crippen LogP contribution >= 0.6 is 0 Å². The second-order valence-electron chi connectivity index (χ2n) is 5.87. The molecule has 0 bridgehead atoms. The van der Waals surface area contributed by atoms with E-state index in [4.69, 9.17) is 10.5 Å². The number of hydrogen-bond donors (Lipinski definition) is 2. The van der Waals surface area contributed by atoms with E-state index in [0.29, 0.717) is 5.69 Å². The Morgan fingerprint density at radius 3 is 2.57 bits per heavy atom. The van der Waals surface area contributed by atoms with E-state index < -0.39 is 4.92 Å². The topological polar surface area (TPSA) is 107 Å². The van der Waals surface area contributed by atoms with Crippen LogP contribution in [-0.4, -0.2) is 24.0 Å². The molecular formula is C14H21N3O4. The lowest BCUT2D eigenvalue weighted by molar-refractivity contribution is -0.384. The molecule has 0 aliphatic carbocycles. The maximum Gasteiger partial charge on any atom is 0.273 e. The van der Waals surface area contributed by atoms with Crippen LogP contribution in [0.15, 0.2) is 18.2 Å². The fraction of sp³-hybridized carbons (Fsp3) is 0.500. The number of carbonyl (C=O) groups excluding carboxylic acids is 1. The molecule has 1 atom stereocenters. The van der Waals surface area contributed by atoms with Crippen LogP contribution in [0.3, 0.4) is 0 Å². The van der Waals surface area contributed by atoms with Crippen molar-refractivity contribution in [1.29, 1.82) is 0 Å². The zero-order valence-electron chi connectivity index (χ0n) is 12.7. The molecule has 0 heterocycles. The van der Waals surface area contributed by atoms with E-state index in [1.165, 1.54) is 25.3 Å². The average molecular weight is 295 g/mol. The van der Waals surface area contributed by atoms with Gasteiger partial charge in [-0.1, -0.05) is 20.8 Å². The number of rotatable bonds is 5. The lowest BCUT2D eigenvalue weighted by Gasteiger charge is -2.26.